The van der Waals surface area contributed by atoms with Gasteiger partial charge in [0.05, 0.1) is 18.0 Å². The number of carbonyl (C=O) groups is 2. The first-order chi connectivity index (χ1) is 14.9. The number of allylic oxidation sites excluding steroid dienone is 1. The van der Waals surface area contributed by atoms with Crippen LogP contribution in [0.3, 0.4) is 0 Å². The normalized spacial score (nSPS) is 13.3. The molecule has 9 nitrogen and oxygen atoms in total. The predicted octanol–water partition coefficient (Wildman–Crippen LogP) is 1.71. The number of para-hydroxylation sites is 2. The molecule has 168 valence electrons. The molecular formula is C22H32N6O3. The average molecular weight is 429 g/mol. The van der Waals surface area contributed by atoms with E-state index in [0.29, 0.717) is 49.7 Å². The molecule has 4 N–H and O–H groups in total. The number of nitrogen functional groups attached to an aromatic ring is 1. The largest absolute Gasteiger partial charge is 0.397 e. The molecule has 0 atom stereocenters. The first-order valence-corrected chi connectivity index (χ1v) is 10.1. The van der Waals surface area contributed by atoms with E-state index in [9.17, 15) is 9.59 Å². The molecule has 31 heavy (non-hydrogen) atoms. The lowest BCUT2D eigenvalue weighted by Crippen LogP contribution is -2.44. The zero-order chi connectivity index (χ0) is 22.6. The fourth-order valence-electron chi connectivity index (χ4n) is 2.79. The Bertz CT molecular complexity index is 847. The van der Waals surface area contributed by atoms with Crippen molar-refractivity contribution >= 4 is 29.0 Å². The van der Waals surface area contributed by atoms with E-state index in [1.807, 2.05) is 31.1 Å². The summed E-state index contributed by atoms with van der Waals surface area (Å²) in [6.45, 7) is 2.55. The zero-order valence-corrected chi connectivity index (χ0v) is 18.4. The Balaban J connectivity index is 2.06. The molecule has 0 saturated carbocycles. The number of nitrogens with zero attached hydrogens (tertiary/aromatic N) is 3. The fourth-order valence-corrected chi connectivity index (χ4v) is 2.79. The maximum absolute atomic E-state index is 12.6. The number of amides is 3. The highest BCUT2D eigenvalue weighted by Crippen LogP contribution is 2.17. The van der Waals surface area contributed by atoms with Crippen molar-refractivity contribution in [1.82, 2.24) is 15.1 Å². The van der Waals surface area contributed by atoms with Crippen molar-refractivity contribution in [2.75, 3.05) is 65.0 Å². The standard InChI is InChI=1S/C22H32N6O3/c1-27(2)12-13-28(22(30)24-11-14-31-3)16-17-7-6-10-20(25-15-17)21(29)26-19-9-5-4-8-18(19)23/h4-9,15H,10-14,16,23H2,1-3H3,(H,24,30)(H,26,29). The number of hydrogen-bond acceptors (Lipinski definition) is 6. The second-order valence-electron chi connectivity index (χ2n) is 7.38. The van der Waals surface area contributed by atoms with E-state index in [1.165, 1.54) is 0 Å². The van der Waals surface area contributed by atoms with E-state index in [4.69, 9.17) is 10.5 Å². The smallest absolute Gasteiger partial charge is 0.317 e. The van der Waals surface area contributed by atoms with Gasteiger partial charge in [0.15, 0.2) is 0 Å². The Labute approximate surface area is 183 Å². The van der Waals surface area contributed by atoms with Crippen LogP contribution in [0.15, 0.2) is 53.2 Å². The van der Waals surface area contributed by atoms with Crippen molar-refractivity contribution in [2.45, 2.75) is 6.42 Å². The third-order valence-corrected chi connectivity index (χ3v) is 4.56. The van der Waals surface area contributed by atoms with Crippen molar-refractivity contribution in [2.24, 2.45) is 4.99 Å². The molecule has 1 heterocycles. The van der Waals surface area contributed by atoms with Crippen molar-refractivity contribution in [1.29, 1.82) is 0 Å². The number of nitrogens with two attached hydrogens (primary N) is 1. The Morgan fingerprint density at radius 1 is 1.23 bits per heavy atom. The fraction of sp³-hybridized carbons (Fsp3) is 0.409. The molecule has 0 saturated heterocycles. The van der Waals surface area contributed by atoms with Crippen LogP contribution in [0.1, 0.15) is 6.42 Å². The summed E-state index contributed by atoms with van der Waals surface area (Å²) in [4.78, 5) is 33.3. The van der Waals surface area contributed by atoms with Gasteiger partial charge in [-0.3, -0.25) is 9.79 Å². The van der Waals surface area contributed by atoms with Crippen molar-refractivity contribution in [3.05, 3.63) is 48.2 Å². The van der Waals surface area contributed by atoms with Crippen LogP contribution in [-0.4, -0.2) is 81.4 Å². The molecular weight excluding hydrogens is 396 g/mol. The minimum absolute atomic E-state index is 0.168. The summed E-state index contributed by atoms with van der Waals surface area (Å²) in [6, 6.07) is 6.91. The van der Waals surface area contributed by atoms with Gasteiger partial charge in [-0.15, -0.1) is 0 Å². The van der Waals surface area contributed by atoms with Gasteiger partial charge in [0.25, 0.3) is 5.91 Å². The number of hydrogen-bond donors (Lipinski definition) is 3. The Morgan fingerprint density at radius 2 is 2.00 bits per heavy atom. The van der Waals surface area contributed by atoms with Gasteiger partial charge in [-0.05, 0) is 31.8 Å². The van der Waals surface area contributed by atoms with Gasteiger partial charge in [-0.25, -0.2) is 4.79 Å². The van der Waals surface area contributed by atoms with Crippen LogP contribution in [-0.2, 0) is 9.53 Å². The molecule has 1 aliphatic heterocycles. The summed E-state index contributed by atoms with van der Waals surface area (Å²) in [5.41, 5.74) is 8.15. The number of methoxy groups -OCH3 is 1. The van der Waals surface area contributed by atoms with Crippen LogP contribution in [0.25, 0.3) is 0 Å². The second-order valence-corrected chi connectivity index (χ2v) is 7.38. The summed E-state index contributed by atoms with van der Waals surface area (Å²) in [6.07, 6.45) is 5.79. The monoisotopic (exact) mass is 428 g/mol. The van der Waals surface area contributed by atoms with Gasteiger partial charge in [-0.2, -0.15) is 0 Å². The third-order valence-electron chi connectivity index (χ3n) is 4.56. The van der Waals surface area contributed by atoms with Gasteiger partial charge in [0.2, 0.25) is 0 Å². The molecule has 0 spiro atoms. The molecule has 0 aromatic heterocycles. The van der Waals surface area contributed by atoms with Crippen LogP contribution in [0.2, 0.25) is 0 Å². The van der Waals surface area contributed by atoms with E-state index in [0.717, 1.165) is 12.1 Å². The van der Waals surface area contributed by atoms with Crippen LogP contribution >= 0.6 is 0 Å². The summed E-state index contributed by atoms with van der Waals surface area (Å²) in [5.74, 6) is -0.304. The molecule has 1 aromatic carbocycles. The number of nitrogens with one attached hydrogen (secondary N) is 2. The molecule has 0 radical (unpaired) electrons. The molecule has 3 amide bonds. The number of carbonyl (C=O) groups excluding carboxylic acids is 2. The maximum atomic E-state index is 12.6. The Kier molecular flexibility index (Phi) is 9.73. The molecule has 2 rings (SSSR count). The Morgan fingerprint density at radius 3 is 2.71 bits per heavy atom. The number of aliphatic imine (C=N–C) groups is 1. The second kappa shape index (κ2) is 12.5. The molecule has 1 aromatic rings. The van der Waals surface area contributed by atoms with Crippen LogP contribution in [0.4, 0.5) is 16.2 Å². The molecule has 0 bridgehead atoms. The summed E-state index contributed by atoms with van der Waals surface area (Å²) >= 11 is 0. The van der Waals surface area contributed by atoms with E-state index in [2.05, 4.69) is 15.6 Å². The zero-order valence-electron chi connectivity index (χ0n) is 18.4. The maximum Gasteiger partial charge on any atom is 0.317 e. The SMILES string of the molecule is COCCNC(=O)N(CCN(C)C)CC1=CN=C(C(=O)Nc2ccccc2N)CC=C1. The van der Waals surface area contributed by atoms with Crippen LogP contribution in [0.5, 0.6) is 0 Å². The highest BCUT2D eigenvalue weighted by atomic mass is 16.5. The molecule has 0 fully saturated rings. The lowest BCUT2D eigenvalue weighted by atomic mass is 10.2. The number of benzene rings is 1. The van der Waals surface area contributed by atoms with E-state index < -0.39 is 0 Å². The van der Waals surface area contributed by atoms with Gasteiger partial charge in [0.1, 0.15) is 5.71 Å². The van der Waals surface area contributed by atoms with Gasteiger partial charge < -0.3 is 30.9 Å². The first kappa shape index (κ1) is 24.1. The lowest BCUT2D eigenvalue weighted by molar-refractivity contribution is -0.110. The quantitative estimate of drug-likeness (QED) is 0.388. The highest BCUT2D eigenvalue weighted by molar-refractivity contribution is 6.43. The van der Waals surface area contributed by atoms with E-state index >= 15 is 0 Å². The van der Waals surface area contributed by atoms with Gasteiger partial charge in [-0.1, -0.05) is 24.3 Å². The van der Waals surface area contributed by atoms with Gasteiger partial charge >= 0.3 is 6.03 Å². The molecule has 0 unspecified atom stereocenters. The highest BCUT2D eigenvalue weighted by Gasteiger charge is 2.17. The summed E-state index contributed by atoms with van der Waals surface area (Å²) < 4.78 is 4.99. The third kappa shape index (κ3) is 8.23. The predicted molar refractivity (Wildman–Crippen MR) is 124 cm³/mol. The van der Waals surface area contributed by atoms with Gasteiger partial charge in [0, 0.05) is 45.9 Å². The topological polar surface area (TPSA) is 112 Å². The lowest BCUT2D eigenvalue weighted by Gasteiger charge is -2.25. The number of urea groups is 1. The van der Waals surface area contributed by atoms with Crippen molar-refractivity contribution in [3.63, 3.8) is 0 Å². The van der Waals surface area contributed by atoms with E-state index in [1.54, 1.807) is 42.5 Å². The minimum atomic E-state index is -0.304. The van der Waals surface area contributed by atoms with Crippen LogP contribution < -0.4 is 16.4 Å². The molecule has 1 aliphatic rings. The number of likely N-dealkylation sites (N-methyl/N-ethyl adjacent to an activating group) is 1. The van der Waals surface area contributed by atoms with Crippen LogP contribution in [0, 0.1) is 0 Å². The summed E-state index contributed by atoms with van der Waals surface area (Å²) in [7, 11) is 5.51. The number of ether oxygens (including phenoxy) is 1. The van der Waals surface area contributed by atoms with Crippen molar-refractivity contribution in [3.8, 4) is 0 Å². The average Bonchev–Trinajstić information content (AvgIpc) is 2.98. The first-order valence-electron chi connectivity index (χ1n) is 10.1. The number of anilines is 2. The van der Waals surface area contributed by atoms with Crippen molar-refractivity contribution < 1.29 is 14.3 Å². The minimum Gasteiger partial charge on any atom is -0.397 e. The Hall–Kier alpha value is -3.17. The van der Waals surface area contributed by atoms with E-state index in [-0.39, 0.29) is 11.9 Å². The molecule has 0 aliphatic carbocycles. The molecule has 9 heteroatoms. The number of rotatable bonds is 10. The summed E-state index contributed by atoms with van der Waals surface area (Å²) in [5, 5.41) is 5.65.